The number of carbonyl (C=O) groups is 2. The lowest BCUT2D eigenvalue weighted by Crippen LogP contribution is -2.46. The van der Waals surface area contributed by atoms with Gasteiger partial charge in [0.1, 0.15) is 5.82 Å². The van der Waals surface area contributed by atoms with Crippen LogP contribution in [0.2, 0.25) is 0 Å². The van der Waals surface area contributed by atoms with Crippen LogP contribution in [0.15, 0.2) is 48.5 Å². The summed E-state index contributed by atoms with van der Waals surface area (Å²) in [6.07, 6.45) is 4.15. The first-order valence-electron chi connectivity index (χ1n) is 10.7. The van der Waals surface area contributed by atoms with Gasteiger partial charge in [-0.25, -0.2) is 4.39 Å². The Balaban J connectivity index is 1.67. The molecule has 1 unspecified atom stereocenters. The highest BCUT2D eigenvalue weighted by molar-refractivity contribution is 5.86. The fourth-order valence-electron chi connectivity index (χ4n) is 4.82. The molecule has 2 amide bonds. The van der Waals surface area contributed by atoms with Crippen molar-refractivity contribution in [2.45, 2.75) is 32.1 Å². The van der Waals surface area contributed by atoms with E-state index in [1.807, 2.05) is 35.2 Å². The summed E-state index contributed by atoms with van der Waals surface area (Å²) in [5.74, 6) is 0.0823. The largest absolute Gasteiger partial charge is 0.348 e. The second kappa shape index (κ2) is 8.21. The van der Waals surface area contributed by atoms with Crippen LogP contribution < -0.4 is 0 Å². The van der Waals surface area contributed by atoms with Crippen LogP contribution in [-0.2, 0) is 16.0 Å². The maximum Gasteiger partial charge on any atom is 0.230 e. The highest BCUT2D eigenvalue weighted by Crippen LogP contribution is 2.40. The molecule has 4 nitrogen and oxygen atoms in total. The van der Waals surface area contributed by atoms with E-state index in [2.05, 4.69) is 0 Å². The minimum atomic E-state index is -0.676. The van der Waals surface area contributed by atoms with Crippen molar-refractivity contribution in [3.05, 3.63) is 59.9 Å². The topological polar surface area (TPSA) is 40.6 Å². The summed E-state index contributed by atoms with van der Waals surface area (Å²) in [5.41, 5.74) is 1.62. The van der Waals surface area contributed by atoms with E-state index in [1.54, 1.807) is 31.1 Å². The molecule has 0 aromatic heterocycles. The van der Waals surface area contributed by atoms with Gasteiger partial charge in [0, 0.05) is 38.7 Å². The van der Waals surface area contributed by atoms with Gasteiger partial charge in [-0.3, -0.25) is 9.59 Å². The van der Waals surface area contributed by atoms with Crippen molar-refractivity contribution >= 4 is 11.8 Å². The van der Waals surface area contributed by atoms with Gasteiger partial charge in [0.2, 0.25) is 11.8 Å². The Hall–Kier alpha value is -2.69. The van der Waals surface area contributed by atoms with Crippen LogP contribution in [0.1, 0.15) is 31.2 Å². The minimum Gasteiger partial charge on any atom is -0.348 e. The third-order valence-corrected chi connectivity index (χ3v) is 6.69. The third kappa shape index (κ3) is 3.73. The Bertz CT molecular complexity index is 954. The van der Waals surface area contributed by atoms with Crippen molar-refractivity contribution in [3.63, 3.8) is 0 Å². The molecule has 1 atom stereocenters. The lowest BCUT2D eigenvalue weighted by molar-refractivity contribution is -0.141. The molecule has 1 aliphatic carbocycles. The molecular weight excluding hydrogens is 379 g/mol. The molecule has 0 bridgehead atoms. The molecule has 4 rings (SSSR count). The monoisotopic (exact) mass is 408 g/mol. The van der Waals surface area contributed by atoms with Crippen LogP contribution in [0.5, 0.6) is 0 Å². The van der Waals surface area contributed by atoms with Gasteiger partial charge in [0.15, 0.2) is 0 Å². The van der Waals surface area contributed by atoms with E-state index < -0.39 is 5.41 Å². The van der Waals surface area contributed by atoms with Gasteiger partial charge in [-0.1, -0.05) is 48.9 Å². The fraction of sp³-hybridized carbons (Fsp3) is 0.440. The summed E-state index contributed by atoms with van der Waals surface area (Å²) in [4.78, 5) is 29.7. The molecule has 0 spiro atoms. The second-order valence-electron chi connectivity index (χ2n) is 8.93. The van der Waals surface area contributed by atoms with Crippen LogP contribution >= 0.6 is 0 Å². The minimum absolute atomic E-state index is 0.0368. The number of hydrogen-bond donors (Lipinski definition) is 0. The highest BCUT2D eigenvalue weighted by atomic mass is 19.1. The maximum atomic E-state index is 14.5. The van der Waals surface area contributed by atoms with E-state index >= 15 is 0 Å². The molecule has 1 saturated heterocycles. The number of rotatable bonds is 5. The molecule has 2 aliphatic rings. The molecule has 5 heteroatoms. The number of nitrogens with zero attached hydrogens (tertiary/aromatic N) is 2. The summed E-state index contributed by atoms with van der Waals surface area (Å²) in [5, 5.41) is 0. The lowest BCUT2D eigenvalue weighted by Gasteiger charge is -2.33. The van der Waals surface area contributed by atoms with Crippen LogP contribution in [0, 0.1) is 17.2 Å². The molecule has 2 aromatic carbocycles. The Morgan fingerprint density at radius 1 is 1.07 bits per heavy atom. The van der Waals surface area contributed by atoms with Gasteiger partial charge in [0.05, 0.1) is 5.41 Å². The van der Waals surface area contributed by atoms with Crippen molar-refractivity contribution in [1.29, 1.82) is 0 Å². The van der Waals surface area contributed by atoms with Crippen molar-refractivity contribution in [2.75, 3.05) is 27.2 Å². The van der Waals surface area contributed by atoms with Crippen molar-refractivity contribution < 1.29 is 14.0 Å². The smallest absolute Gasteiger partial charge is 0.230 e. The number of halogens is 1. The first-order valence-corrected chi connectivity index (χ1v) is 10.7. The zero-order chi connectivity index (χ0) is 21.3. The zero-order valence-corrected chi connectivity index (χ0v) is 17.7. The first kappa shape index (κ1) is 20.6. The predicted molar refractivity (Wildman–Crippen MR) is 115 cm³/mol. The summed E-state index contributed by atoms with van der Waals surface area (Å²) in [6, 6.07) is 14.4. The van der Waals surface area contributed by atoms with Gasteiger partial charge in [-0.05, 0) is 42.9 Å². The summed E-state index contributed by atoms with van der Waals surface area (Å²) in [7, 11) is 3.53. The average Bonchev–Trinajstić information content (AvgIpc) is 3.12. The van der Waals surface area contributed by atoms with Crippen molar-refractivity contribution in [2.24, 2.45) is 11.3 Å². The Morgan fingerprint density at radius 2 is 1.73 bits per heavy atom. The molecule has 0 radical (unpaired) electrons. The van der Waals surface area contributed by atoms with Crippen LogP contribution in [0.4, 0.5) is 4.39 Å². The molecule has 2 aromatic rings. The summed E-state index contributed by atoms with van der Waals surface area (Å²) < 4.78 is 14.5. The Kier molecular flexibility index (Phi) is 5.63. The number of likely N-dealkylation sites (tertiary alicyclic amines) is 1. The van der Waals surface area contributed by atoms with Crippen molar-refractivity contribution in [3.8, 4) is 11.1 Å². The number of benzene rings is 2. The predicted octanol–water partition coefficient (Wildman–Crippen LogP) is 4.14. The molecule has 158 valence electrons. The van der Waals surface area contributed by atoms with E-state index in [1.165, 1.54) is 6.07 Å². The third-order valence-electron chi connectivity index (χ3n) is 6.69. The number of hydrogen-bond acceptors (Lipinski definition) is 2. The van der Waals surface area contributed by atoms with E-state index in [-0.39, 0.29) is 23.5 Å². The van der Waals surface area contributed by atoms with Gasteiger partial charge in [-0.15, -0.1) is 0 Å². The van der Waals surface area contributed by atoms with Crippen LogP contribution in [0.3, 0.4) is 0 Å². The normalized spacial score (nSPS) is 21.4. The van der Waals surface area contributed by atoms with Crippen LogP contribution in [-0.4, -0.2) is 48.8 Å². The van der Waals surface area contributed by atoms with E-state index in [9.17, 15) is 14.0 Å². The highest BCUT2D eigenvalue weighted by Gasteiger charge is 2.48. The summed E-state index contributed by atoms with van der Waals surface area (Å²) >= 11 is 0. The van der Waals surface area contributed by atoms with Gasteiger partial charge in [0.25, 0.3) is 0 Å². The Morgan fingerprint density at radius 3 is 2.37 bits per heavy atom. The molecular formula is C25H29FN2O2. The maximum absolute atomic E-state index is 14.5. The van der Waals surface area contributed by atoms with Gasteiger partial charge in [-0.2, -0.15) is 0 Å². The fourth-order valence-corrected chi connectivity index (χ4v) is 4.82. The molecule has 2 fully saturated rings. The standard InChI is InChI=1S/C25H29FN2O2/c1-27(2)24(30)25(14-15-28(17-25)23(29)18-9-7-10-18)16-19-8-3-4-11-20(19)21-12-5-6-13-22(21)26/h3-6,8,11-13,18H,7,9-10,14-17H2,1-2H3. The van der Waals surface area contributed by atoms with E-state index in [0.29, 0.717) is 31.5 Å². The molecule has 1 heterocycles. The van der Waals surface area contributed by atoms with Crippen LogP contribution in [0.25, 0.3) is 11.1 Å². The molecule has 1 aliphatic heterocycles. The molecule has 0 N–H and O–H groups in total. The van der Waals surface area contributed by atoms with E-state index in [0.717, 1.165) is 30.4 Å². The number of amides is 2. The van der Waals surface area contributed by atoms with Crippen molar-refractivity contribution in [1.82, 2.24) is 9.80 Å². The quantitative estimate of drug-likeness (QED) is 0.746. The molecule has 1 saturated carbocycles. The SMILES string of the molecule is CN(C)C(=O)C1(Cc2ccccc2-c2ccccc2F)CCN(C(=O)C2CCC2)C1. The lowest BCUT2D eigenvalue weighted by atomic mass is 9.77. The zero-order valence-electron chi connectivity index (χ0n) is 17.7. The second-order valence-corrected chi connectivity index (χ2v) is 8.93. The summed E-state index contributed by atoms with van der Waals surface area (Å²) in [6.45, 7) is 1.04. The Labute approximate surface area is 177 Å². The molecule has 30 heavy (non-hydrogen) atoms. The van der Waals surface area contributed by atoms with E-state index in [4.69, 9.17) is 0 Å². The van der Waals surface area contributed by atoms with Gasteiger partial charge < -0.3 is 9.80 Å². The average molecular weight is 409 g/mol. The van der Waals surface area contributed by atoms with Gasteiger partial charge >= 0.3 is 0 Å². The number of carbonyl (C=O) groups excluding carboxylic acids is 2. The first-order chi connectivity index (χ1) is 14.4.